The van der Waals surface area contributed by atoms with Gasteiger partial charge in [-0.2, -0.15) is 0 Å². The van der Waals surface area contributed by atoms with Gasteiger partial charge in [-0.05, 0) is 83.5 Å². The molecule has 5 nitrogen and oxygen atoms in total. The van der Waals surface area contributed by atoms with E-state index in [1.807, 2.05) is 0 Å². The Labute approximate surface area is 397 Å². The minimum absolute atomic E-state index is 0.0660. The maximum Gasteiger partial charge on any atom is 0.306 e. The first-order valence-corrected chi connectivity index (χ1v) is 27.5. The first kappa shape index (κ1) is 61.3. The lowest BCUT2D eigenvalue weighted by Gasteiger charge is -2.18. The Morgan fingerprint density at radius 2 is 0.719 bits per heavy atom. The largest absolute Gasteiger partial charge is 0.462 e. The summed E-state index contributed by atoms with van der Waals surface area (Å²) < 4.78 is 17.4. The molecule has 0 aromatic rings. The van der Waals surface area contributed by atoms with Crippen LogP contribution in [0.25, 0.3) is 0 Å². The lowest BCUT2D eigenvalue weighted by molar-refractivity contribution is -0.163. The van der Waals surface area contributed by atoms with Gasteiger partial charge < -0.3 is 14.2 Å². The van der Waals surface area contributed by atoms with Crippen molar-refractivity contribution in [3.63, 3.8) is 0 Å². The molecule has 0 heterocycles. The quantitative estimate of drug-likeness (QED) is 0.0346. The lowest BCUT2D eigenvalue weighted by atomic mass is 10.0. The number of rotatable bonds is 50. The second kappa shape index (κ2) is 54.7. The van der Waals surface area contributed by atoms with Crippen molar-refractivity contribution in [3.05, 3.63) is 72.9 Å². The summed E-state index contributed by atoms with van der Waals surface area (Å²) in [5, 5.41) is 0. The molecule has 5 heteroatoms. The fourth-order valence-electron chi connectivity index (χ4n) is 7.64. The highest BCUT2D eigenvalue weighted by atomic mass is 16.6. The molecule has 0 aromatic carbocycles. The summed E-state index contributed by atoms with van der Waals surface area (Å²) in [6, 6.07) is 0. The molecule has 0 aliphatic rings. The fourth-order valence-corrected chi connectivity index (χ4v) is 7.64. The van der Waals surface area contributed by atoms with Gasteiger partial charge in [0.05, 0.1) is 6.61 Å². The summed E-state index contributed by atoms with van der Waals surface area (Å²) in [4.78, 5) is 25.5. The molecule has 0 saturated carbocycles. The van der Waals surface area contributed by atoms with Crippen LogP contribution >= 0.6 is 0 Å². The minimum Gasteiger partial charge on any atom is -0.462 e. The molecule has 1 unspecified atom stereocenters. The molecule has 64 heavy (non-hydrogen) atoms. The van der Waals surface area contributed by atoms with Gasteiger partial charge in [-0.25, -0.2) is 0 Å². The molecule has 0 aromatic heterocycles. The Hall–Kier alpha value is -2.66. The maximum atomic E-state index is 12.8. The number of carbonyl (C=O) groups excluding carboxylic acids is 2. The predicted molar refractivity (Wildman–Crippen MR) is 279 cm³/mol. The van der Waals surface area contributed by atoms with E-state index in [2.05, 4.69) is 93.7 Å². The van der Waals surface area contributed by atoms with Gasteiger partial charge >= 0.3 is 11.9 Å². The molecular formula is C59H104O5. The monoisotopic (exact) mass is 893 g/mol. The zero-order valence-corrected chi connectivity index (χ0v) is 42.5. The van der Waals surface area contributed by atoms with Gasteiger partial charge in [0.15, 0.2) is 6.10 Å². The van der Waals surface area contributed by atoms with Crippen LogP contribution in [0.1, 0.15) is 265 Å². The number of allylic oxidation sites excluding steroid dienone is 12. The van der Waals surface area contributed by atoms with E-state index in [1.165, 1.54) is 148 Å². The first-order chi connectivity index (χ1) is 31.6. The predicted octanol–water partition coefficient (Wildman–Crippen LogP) is 18.7. The normalized spacial score (nSPS) is 12.7. The second-order valence-electron chi connectivity index (χ2n) is 18.1. The van der Waals surface area contributed by atoms with Crippen LogP contribution in [0.15, 0.2) is 72.9 Å². The third-order valence-electron chi connectivity index (χ3n) is 11.7. The highest BCUT2D eigenvalue weighted by molar-refractivity contribution is 5.70. The van der Waals surface area contributed by atoms with Crippen molar-refractivity contribution in [2.75, 3.05) is 19.8 Å². The Morgan fingerprint density at radius 3 is 1.20 bits per heavy atom. The third kappa shape index (κ3) is 52.0. The van der Waals surface area contributed by atoms with E-state index < -0.39 is 6.10 Å². The molecule has 370 valence electrons. The van der Waals surface area contributed by atoms with E-state index in [-0.39, 0.29) is 25.2 Å². The Balaban J connectivity index is 4.29. The van der Waals surface area contributed by atoms with E-state index in [9.17, 15) is 9.59 Å². The minimum atomic E-state index is -0.553. The third-order valence-corrected chi connectivity index (χ3v) is 11.7. The van der Waals surface area contributed by atoms with Gasteiger partial charge in [-0.3, -0.25) is 9.59 Å². The van der Waals surface area contributed by atoms with Gasteiger partial charge in [0.2, 0.25) is 0 Å². The van der Waals surface area contributed by atoms with Gasteiger partial charge in [0.25, 0.3) is 0 Å². The van der Waals surface area contributed by atoms with Gasteiger partial charge in [-0.15, -0.1) is 0 Å². The van der Waals surface area contributed by atoms with Crippen molar-refractivity contribution < 1.29 is 23.8 Å². The lowest BCUT2D eigenvalue weighted by Crippen LogP contribution is -2.30. The van der Waals surface area contributed by atoms with Crippen LogP contribution in [0.3, 0.4) is 0 Å². The van der Waals surface area contributed by atoms with Crippen molar-refractivity contribution >= 4 is 11.9 Å². The summed E-state index contributed by atoms with van der Waals surface area (Å²) in [7, 11) is 0. The molecule has 1 atom stereocenters. The zero-order valence-electron chi connectivity index (χ0n) is 42.5. The van der Waals surface area contributed by atoms with Crippen molar-refractivity contribution in [1.29, 1.82) is 0 Å². The maximum absolute atomic E-state index is 12.8. The fraction of sp³-hybridized carbons (Fsp3) is 0.763. The molecule has 0 rings (SSSR count). The van der Waals surface area contributed by atoms with E-state index in [0.29, 0.717) is 19.4 Å². The Morgan fingerprint density at radius 1 is 0.359 bits per heavy atom. The van der Waals surface area contributed by atoms with Crippen LogP contribution in [-0.4, -0.2) is 37.9 Å². The first-order valence-electron chi connectivity index (χ1n) is 27.5. The summed E-state index contributed by atoms with van der Waals surface area (Å²) >= 11 is 0. The molecule has 0 radical (unpaired) electrons. The molecule has 0 aliphatic carbocycles. The summed E-state index contributed by atoms with van der Waals surface area (Å²) in [6.45, 7) is 7.66. The molecule has 0 fully saturated rings. The van der Waals surface area contributed by atoms with E-state index in [4.69, 9.17) is 14.2 Å². The number of hydrogen-bond acceptors (Lipinski definition) is 5. The molecule has 0 bridgehead atoms. The number of esters is 2. The van der Waals surface area contributed by atoms with Crippen molar-refractivity contribution in [2.45, 2.75) is 271 Å². The van der Waals surface area contributed by atoms with Crippen molar-refractivity contribution in [2.24, 2.45) is 0 Å². The standard InChI is InChI=1S/C59H104O5/c1-4-7-10-13-16-19-22-25-27-29-30-32-33-35-37-40-43-46-49-52-58(60)63-56-57(55-62-54-51-48-45-42-39-24-21-18-15-12-9-6-3)64-59(61)53-50-47-44-41-38-36-34-31-28-26-23-20-17-14-11-8-5-2/h7,10,15-16,18-19,25,27,30,32,35,37,57H,4-6,8-9,11-14,17,20-24,26,28-29,31,33-34,36,38-56H2,1-3H3/b10-7-,18-15-,19-16-,27-25-,32-30-,37-35-. The molecule has 0 saturated heterocycles. The molecule has 0 amide bonds. The van der Waals surface area contributed by atoms with Crippen molar-refractivity contribution in [1.82, 2.24) is 0 Å². The number of ether oxygens (including phenoxy) is 3. The average Bonchev–Trinajstić information content (AvgIpc) is 3.30. The van der Waals surface area contributed by atoms with Crippen LogP contribution < -0.4 is 0 Å². The van der Waals surface area contributed by atoms with Crippen LogP contribution in [0.2, 0.25) is 0 Å². The van der Waals surface area contributed by atoms with Gasteiger partial charge in [0, 0.05) is 19.4 Å². The van der Waals surface area contributed by atoms with Crippen molar-refractivity contribution in [3.8, 4) is 0 Å². The molecular weight excluding hydrogens is 789 g/mol. The number of unbranched alkanes of at least 4 members (excludes halogenated alkanes) is 27. The topological polar surface area (TPSA) is 61.8 Å². The zero-order chi connectivity index (χ0) is 46.3. The Bertz CT molecular complexity index is 1150. The van der Waals surface area contributed by atoms with E-state index in [1.54, 1.807) is 0 Å². The van der Waals surface area contributed by atoms with Crippen LogP contribution in [-0.2, 0) is 23.8 Å². The highest BCUT2D eigenvalue weighted by Gasteiger charge is 2.17. The van der Waals surface area contributed by atoms with E-state index in [0.717, 1.165) is 83.5 Å². The second-order valence-corrected chi connectivity index (χ2v) is 18.1. The molecule has 0 aliphatic heterocycles. The van der Waals surface area contributed by atoms with Crippen LogP contribution in [0, 0.1) is 0 Å². The summed E-state index contributed by atoms with van der Waals surface area (Å²) in [5.41, 5.74) is 0. The Kier molecular flexibility index (Phi) is 52.4. The summed E-state index contributed by atoms with van der Waals surface area (Å²) in [6.07, 6.45) is 70.6. The van der Waals surface area contributed by atoms with Crippen LogP contribution in [0.5, 0.6) is 0 Å². The average molecular weight is 893 g/mol. The van der Waals surface area contributed by atoms with Crippen LogP contribution in [0.4, 0.5) is 0 Å². The molecule has 0 spiro atoms. The smallest absolute Gasteiger partial charge is 0.306 e. The van der Waals surface area contributed by atoms with Gasteiger partial charge in [0.1, 0.15) is 6.61 Å². The highest BCUT2D eigenvalue weighted by Crippen LogP contribution is 2.15. The number of carbonyl (C=O) groups is 2. The molecule has 0 N–H and O–H groups in total. The SMILES string of the molecule is CC/C=C\C/C=C\C/C=C\C/C=C\C/C=C\CCCCCC(=O)OCC(COCCCCCCCC/C=C\CCCC)OC(=O)CCCCCCCCCCCCCCCCCCC. The summed E-state index contributed by atoms with van der Waals surface area (Å²) in [5.74, 6) is -0.429. The van der Waals surface area contributed by atoms with E-state index >= 15 is 0 Å². The van der Waals surface area contributed by atoms with Gasteiger partial charge in [-0.1, -0.05) is 241 Å². The number of hydrogen-bond donors (Lipinski definition) is 0.